The van der Waals surface area contributed by atoms with Gasteiger partial charge in [0.1, 0.15) is 5.56 Å². The van der Waals surface area contributed by atoms with E-state index >= 15 is 0 Å². The average Bonchev–Trinajstić information content (AvgIpc) is 3.33. The van der Waals surface area contributed by atoms with Crippen LogP contribution in [0.1, 0.15) is 40.4 Å². The zero-order valence-corrected chi connectivity index (χ0v) is 12.7. The molecule has 0 bridgehead atoms. The normalized spacial score (nSPS) is 14.0. The van der Waals surface area contributed by atoms with E-state index in [1.54, 1.807) is 10.6 Å². The van der Waals surface area contributed by atoms with Crippen LogP contribution in [0.25, 0.3) is 11.3 Å². The number of nitrogens with one attached hydrogen (secondary N) is 1. The first-order valence-corrected chi connectivity index (χ1v) is 7.37. The number of hydrazine groups is 1. The van der Waals surface area contributed by atoms with Crippen LogP contribution in [0.4, 0.5) is 0 Å². The van der Waals surface area contributed by atoms with Crippen LogP contribution in [-0.4, -0.2) is 10.5 Å². The third-order valence-corrected chi connectivity index (χ3v) is 4.21. The van der Waals surface area contributed by atoms with Gasteiger partial charge in [0.05, 0.1) is 5.69 Å². The zero-order chi connectivity index (χ0) is 15.9. The maximum Gasteiger partial charge on any atom is 0.270 e. The highest BCUT2D eigenvalue weighted by Crippen LogP contribution is 2.37. The Labute approximate surface area is 128 Å². The van der Waals surface area contributed by atoms with Crippen molar-refractivity contribution in [3.63, 3.8) is 0 Å². The fourth-order valence-electron chi connectivity index (χ4n) is 2.63. The van der Waals surface area contributed by atoms with Gasteiger partial charge >= 0.3 is 0 Å². The Morgan fingerprint density at radius 2 is 1.91 bits per heavy atom. The highest BCUT2D eigenvalue weighted by Gasteiger charge is 2.29. The Balaban J connectivity index is 2.19. The van der Waals surface area contributed by atoms with Gasteiger partial charge < -0.3 is 4.57 Å². The van der Waals surface area contributed by atoms with E-state index in [1.165, 1.54) is 11.1 Å². The number of carbonyl (C=O) groups is 1. The Morgan fingerprint density at radius 1 is 1.18 bits per heavy atom. The van der Waals surface area contributed by atoms with Crippen molar-refractivity contribution in [3.05, 3.63) is 57.4 Å². The van der Waals surface area contributed by atoms with Crippen molar-refractivity contribution in [2.75, 3.05) is 0 Å². The van der Waals surface area contributed by atoms with Gasteiger partial charge in [0.25, 0.3) is 11.5 Å². The van der Waals surface area contributed by atoms with Gasteiger partial charge in [0.15, 0.2) is 0 Å². The van der Waals surface area contributed by atoms with Crippen LogP contribution in [0, 0.1) is 13.8 Å². The molecule has 3 rings (SSSR count). The molecule has 5 nitrogen and oxygen atoms in total. The standard InChI is InChI=1S/C17H19N3O2/c1-10-3-4-12(9-11(10)2)15-8-7-14(16(21)19-18)17(22)20(15)13-5-6-13/h3-4,7-9,13H,5-6,18H2,1-2H3,(H,19,21). The van der Waals surface area contributed by atoms with Crippen LogP contribution in [0.15, 0.2) is 35.1 Å². The number of rotatable bonds is 3. The molecule has 0 radical (unpaired) electrons. The van der Waals surface area contributed by atoms with E-state index in [0.717, 1.165) is 24.1 Å². The molecule has 1 aliphatic carbocycles. The number of carbonyl (C=O) groups excluding carboxylic acids is 1. The summed E-state index contributed by atoms with van der Waals surface area (Å²) in [4.78, 5) is 24.4. The van der Waals surface area contributed by atoms with Crippen LogP contribution >= 0.6 is 0 Å². The maximum absolute atomic E-state index is 12.6. The van der Waals surface area contributed by atoms with Crippen LogP contribution in [0.3, 0.4) is 0 Å². The van der Waals surface area contributed by atoms with Crippen LogP contribution < -0.4 is 16.8 Å². The highest BCUT2D eigenvalue weighted by atomic mass is 16.2. The molecule has 0 unspecified atom stereocenters. The second kappa shape index (κ2) is 5.42. The molecule has 3 N–H and O–H groups in total. The Hall–Kier alpha value is -2.40. The molecule has 5 heteroatoms. The number of aromatic nitrogens is 1. The minimum Gasteiger partial charge on any atom is -0.305 e. The van der Waals surface area contributed by atoms with Crippen molar-refractivity contribution in [3.8, 4) is 11.3 Å². The molecule has 0 spiro atoms. The minimum absolute atomic E-state index is 0.0852. The highest BCUT2D eigenvalue weighted by molar-refractivity contribution is 5.93. The zero-order valence-electron chi connectivity index (χ0n) is 12.7. The summed E-state index contributed by atoms with van der Waals surface area (Å²) < 4.78 is 1.73. The second-order valence-corrected chi connectivity index (χ2v) is 5.81. The summed E-state index contributed by atoms with van der Waals surface area (Å²) in [6.07, 6.45) is 1.93. The van der Waals surface area contributed by atoms with E-state index in [2.05, 4.69) is 19.9 Å². The van der Waals surface area contributed by atoms with Gasteiger partial charge in [0.2, 0.25) is 0 Å². The quantitative estimate of drug-likeness (QED) is 0.517. The molecule has 114 valence electrons. The van der Waals surface area contributed by atoms with Crippen molar-refractivity contribution in [2.24, 2.45) is 5.84 Å². The summed E-state index contributed by atoms with van der Waals surface area (Å²) in [5.74, 6) is 4.60. The Bertz CT molecular complexity index is 804. The van der Waals surface area contributed by atoms with Crippen LogP contribution in [0.5, 0.6) is 0 Å². The lowest BCUT2D eigenvalue weighted by atomic mass is 10.0. The number of benzene rings is 1. The molecule has 1 aromatic heterocycles. The van der Waals surface area contributed by atoms with Gasteiger partial charge in [-0.2, -0.15) is 0 Å². The molecule has 1 saturated carbocycles. The Morgan fingerprint density at radius 3 is 2.50 bits per heavy atom. The van der Waals surface area contributed by atoms with Crippen molar-refractivity contribution in [2.45, 2.75) is 32.7 Å². The third kappa shape index (κ3) is 2.44. The SMILES string of the molecule is Cc1ccc(-c2ccc(C(=O)NN)c(=O)n2C2CC2)cc1C. The van der Waals surface area contributed by atoms with E-state index < -0.39 is 5.91 Å². The van der Waals surface area contributed by atoms with Crippen LogP contribution in [-0.2, 0) is 0 Å². The molecular weight excluding hydrogens is 278 g/mol. The number of nitrogens with two attached hydrogens (primary N) is 1. The number of hydrogen-bond donors (Lipinski definition) is 2. The first-order chi connectivity index (χ1) is 10.5. The average molecular weight is 297 g/mol. The lowest BCUT2D eigenvalue weighted by molar-refractivity contribution is 0.0951. The molecule has 1 amide bonds. The van der Waals surface area contributed by atoms with Crippen LogP contribution in [0.2, 0.25) is 0 Å². The number of amides is 1. The van der Waals surface area contributed by atoms with Gasteiger partial charge in [-0.25, -0.2) is 5.84 Å². The van der Waals surface area contributed by atoms with Gasteiger partial charge in [-0.1, -0.05) is 12.1 Å². The largest absolute Gasteiger partial charge is 0.305 e. The number of aryl methyl sites for hydroxylation is 2. The monoisotopic (exact) mass is 297 g/mol. The summed E-state index contributed by atoms with van der Waals surface area (Å²) in [5, 5.41) is 0. The third-order valence-electron chi connectivity index (χ3n) is 4.21. The van der Waals surface area contributed by atoms with Crippen molar-refractivity contribution < 1.29 is 4.79 Å². The van der Waals surface area contributed by atoms with E-state index in [4.69, 9.17) is 5.84 Å². The smallest absolute Gasteiger partial charge is 0.270 e. The predicted molar refractivity (Wildman–Crippen MR) is 85.5 cm³/mol. The molecule has 0 aliphatic heterocycles. The molecule has 2 aromatic rings. The molecule has 22 heavy (non-hydrogen) atoms. The summed E-state index contributed by atoms with van der Waals surface area (Å²) in [6, 6.07) is 9.69. The Kier molecular flexibility index (Phi) is 3.58. The molecule has 0 atom stereocenters. The number of hydrogen-bond acceptors (Lipinski definition) is 3. The summed E-state index contributed by atoms with van der Waals surface area (Å²) in [6.45, 7) is 4.11. The molecule has 1 aromatic carbocycles. The van der Waals surface area contributed by atoms with Gasteiger partial charge in [-0.15, -0.1) is 0 Å². The van der Waals surface area contributed by atoms with E-state index in [-0.39, 0.29) is 17.2 Å². The fourth-order valence-corrected chi connectivity index (χ4v) is 2.63. The first kappa shape index (κ1) is 14.5. The van der Waals surface area contributed by atoms with Crippen molar-refractivity contribution >= 4 is 5.91 Å². The van der Waals surface area contributed by atoms with Gasteiger partial charge in [0, 0.05) is 6.04 Å². The summed E-state index contributed by atoms with van der Waals surface area (Å²) in [7, 11) is 0. The second-order valence-electron chi connectivity index (χ2n) is 5.81. The maximum atomic E-state index is 12.6. The lowest BCUT2D eigenvalue weighted by Gasteiger charge is -2.15. The molecular formula is C17H19N3O2. The summed E-state index contributed by atoms with van der Waals surface area (Å²) in [5.41, 5.74) is 6.07. The lowest BCUT2D eigenvalue weighted by Crippen LogP contribution is -2.36. The number of nitrogens with zero attached hydrogens (tertiary/aromatic N) is 1. The predicted octanol–water partition coefficient (Wildman–Crippen LogP) is 2.07. The van der Waals surface area contributed by atoms with Gasteiger partial charge in [-0.3, -0.25) is 15.0 Å². The topological polar surface area (TPSA) is 77.1 Å². The first-order valence-electron chi connectivity index (χ1n) is 7.37. The van der Waals surface area contributed by atoms with Crippen molar-refractivity contribution in [1.29, 1.82) is 0 Å². The van der Waals surface area contributed by atoms with Crippen molar-refractivity contribution in [1.82, 2.24) is 9.99 Å². The molecule has 1 heterocycles. The molecule has 0 saturated heterocycles. The van der Waals surface area contributed by atoms with E-state index in [9.17, 15) is 9.59 Å². The number of nitrogen functional groups attached to an aromatic ring is 1. The van der Waals surface area contributed by atoms with E-state index in [1.807, 2.05) is 23.6 Å². The number of pyridine rings is 1. The molecule has 1 aliphatic rings. The summed E-state index contributed by atoms with van der Waals surface area (Å²) >= 11 is 0. The molecule has 1 fully saturated rings. The fraction of sp³-hybridized carbons (Fsp3) is 0.294. The van der Waals surface area contributed by atoms with Gasteiger partial charge in [-0.05, 0) is 61.6 Å². The minimum atomic E-state index is -0.550. The van der Waals surface area contributed by atoms with E-state index in [0.29, 0.717) is 0 Å².